The topological polar surface area (TPSA) is 41.6 Å². The van der Waals surface area contributed by atoms with Gasteiger partial charge >= 0.3 is 0 Å². The van der Waals surface area contributed by atoms with Crippen molar-refractivity contribution in [2.24, 2.45) is 0 Å². The van der Waals surface area contributed by atoms with Crippen LogP contribution >= 0.6 is 23.2 Å². The van der Waals surface area contributed by atoms with E-state index in [1.54, 1.807) is 6.20 Å². The monoisotopic (exact) mass is 201 g/mol. The van der Waals surface area contributed by atoms with Crippen molar-refractivity contribution in [3.63, 3.8) is 0 Å². The fourth-order valence-corrected chi connectivity index (χ4v) is 1.48. The molecule has 0 bridgehead atoms. The van der Waals surface area contributed by atoms with Crippen molar-refractivity contribution >= 4 is 34.2 Å². The summed E-state index contributed by atoms with van der Waals surface area (Å²) >= 11 is 11.7. The van der Waals surface area contributed by atoms with Gasteiger partial charge in [0.05, 0.1) is 10.4 Å². The molecule has 0 atom stereocenters. The Kier molecular flexibility index (Phi) is 1.70. The van der Waals surface area contributed by atoms with Crippen molar-refractivity contribution in [1.82, 2.24) is 15.2 Å². The number of H-pyrrole nitrogens is 1. The summed E-state index contributed by atoms with van der Waals surface area (Å²) in [6.07, 6.45) is 1.57. The number of nitrogens with zero attached hydrogens (tertiary/aromatic N) is 2. The summed E-state index contributed by atoms with van der Waals surface area (Å²) in [4.78, 5) is 4.00. The molecule has 2 aromatic heterocycles. The van der Waals surface area contributed by atoms with Gasteiger partial charge in [-0.3, -0.25) is 5.10 Å². The molecule has 12 heavy (non-hydrogen) atoms. The van der Waals surface area contributed by atoms with Gasteiger partial charge in [0.1, 0.15) is 5.15 Å². The number of nitrogens with one attached hydrogen (secondary N) is 1. The number of aryl methyl sites for hydroxylation is 1. The molecule has 62 valence electrons. The van der Waals surface area contributed by atoms with Gasteiger partial charge in [-0.25, -0.2) is 4.98 Å². The number of hydrogen-bond acceptors (Lipinski definition) is 2. The Labute approximate surface area is 78.7 Å². The number of halogens is 2. The summed E-state index contributed by atoms with van der Waals surface area (Å²) in [7, 11) is 0. The lowest BCUT2D eigenvalue weighted by Gasteiger charge is -1.96. The molecule has 0 radical (unpaired) electrons. The van der Waals surface area contributed by atoms with Gasteiger partial charge in [0.25, 0.3) is 0 Å². The van der Waals surface area contributed by atoms with Gasteiger partial charge in [-0.1, -0.05) is 23.2 Å². The minimum Gasteiger partial charge on any atom is -0.264 e. The molecule has 0 saturated carbocycles. The van der Waals surface area contributed by atoms with Crippen LogP contribution in [0.3, 0.4) is 0 Å². The normalized spacial score (nSPS) is 10.9. The van der Waals surface area contributed by atoms with Gasteiger partial charge < -0.3 is 0 Å². The molecule has 1 N–H and O–H groups in total. The second-order valence-electron chi connectivity index (χ2n) is 2.47. The van der Waals surface area contributed by atoms with Crippen molar-refractivity contribution in [2.45, 2.75) is 6.92 Å². The predicted molar refractivity (Wildman–Crippen MR) is 48.6 cm³/mol. The number of rotatable bonds is 0. The molecule has 0 aliphatic carbocycles. The van der Waals surface area contributed by atoms with E-state index in [1.165, 1.54) is 0 Å². The highest BCUT2D eigenvalue weighted by atomic mass is 35.5. The highest BCUT2D eigenvalue weighted by Gasteiger charge is 2.09. The zero-order valence-electron chi connectivity index (χ0n) is 6.23. The van der Waals surface area contributed by atoms with E-state index < -0.39 is 0 Å². The third-order valence-electron chi connectivity index (χ3n) is 1.74. The standard InChI is InChI=1S/C7H5Cl2N3/c1-3-4(8)2-10-7-5(3)6(9)11-12-7/h2H,1H3,(H,10,11,12). The van der Waals surface area contributed by atoms with Crippen LogP contribution in [0.5, 0.6) is 0 Å². The Morgan fingerprint density at radius 2 is 2.17 bits per heavy atom. The number of aromatic nitrogens is 3. The maximum Gasteiger partial charge on any atom is 0.182 e. The van der Waals surface area contributed by atoms with E-state index in [2.05, 4.69) is 15.2 Å². The van der Waals surface area contributed by atoms with Gasteiger partial charge in [0.2, 0.25) is 0 Å². The minimum atomic E-state index is 0.484. The van der Waals surface area contributed by atoms with E-state index in [-0.39, 0.29) is 0 Å². The van der Waals surface area contributed by atoms with E-state index in [0.717, 1.165) is 10.9 Å². The molecule has 0 aromatic carbocycles. The molecule has 0 aliphatic heterocycles. The Hall–Kier alpha value is -0.800. The summed E-state index contributed by atoms with van der Waals surface area (Å²) in [5.74, 6) is 0. The molecular weight excluding hydrogens is 197 g/mol. The first kappa shape index (κ1) is 7.83. The van der Waals surface area contributed by atoms with Gasteiger partial charge in [0.15, 0.2) is 5.65 Å². The van der Waals surface area contributed by atoms with Crippen LogP contribution in [0, 0.1) is 6.92 Å². The average Bonchev–Trinajstić information content (AvgIpc) is 2.41. The molecule has 0 aliphatic rings. The van der Waals surface area contributed by atoms with E-state index in [9.17, 15) is 0 Å². The molecule has 5 heteroatoms. The smallest absolute Gasteiger partial charge is 0.182 e. The van der Waals surface area contributed by atoms with Crippen LogP contribution in [0.4, 0.5) is 0 Å². The zero-order chi connectivity index (χ0) is 8.72. The molecule has 0 spiro atoms. The molecule has 0 saturated heterocycles. The molecule has 2 rings (SSSR count). The summed E-state index contributed by atoms with van der Waals surface area (Å²) in [6.45, 7) is 1.88. The second kappa shape index (κ2) is 2.61. The zero-order valence-corrected chi connectivity index (χ0v) is 7.74. The van der Waals surface area contributed by atoms with Crippen LogP contribution in [0.2, 0.25) is 10.2 Å². The Bertz CT molecular complexity index is 435. The molecule has 2 aromatic rings. The highest BCUT2D eigenvalue weighted by molar-refractivity contribution is 6.36. The number of aromatic amines is 1. The van der Waals surface area contributed by atoms with Gasteiger partial charge in [-0.05, 0) is 12.5 Å². The van der Waals surface area contributed by atoms with E-state index in [0.29, 0.717) is 15.8 Å². The largest absolute Gasteiger partial charge is 0.264 e. The van der Waals surface area contributed by atoms with Gasteiger partial charge in [-0.15, -0.1) is 0 Å². The fourth-order valence-electron chi connectivity index (χ4n) is 1.07. The number of pyridine rings is 1. The fraction of sp³-hybridized carbons (Fsp3) is 0.143. The predicted octanol–water partition coefficient (Wildman–Crippen LogP) is 2.57. The van der Waals surface area contributed by atoms with Crippen LogP contribution in [0.1, 0.15) is 5.56 Å². The average molecular weight is 202 g/mol. The van der Waals surface area contributed by atoms with Crippen molar-refractivity contribution < 1.29 is 0 Å². The molecular formula is C7H5Cl2N3. The number of fused-ring (bicyclic) bond motifs is 1. The van der Waals surface area contributed by atoms with Crippen molar-refractivity contribution in [3.05, 3.63) is 21.9 Å². The van der Waals surface area contributed by atoms with Crippen molar-refractivity contribution in [3.8, 4) is 0 Å². The van der Waals surface area contributed by atoms with Crippen LogP contribution < -0.4 is 0 Å². The lowest BCUT2D eigenvalue weighted by Crippen LogP contribution is -1.81. The SMILES string of the molecule is Cc1c(Cl)cnc2n[nH]c(Cl)c12. The quantitative estimate of drug-likeness (QED) is 0.713. The van der Waals surface area contributed by atoms with Crippen LogP contribution in [0.15, 0.2) is 6.20 Å². The minimum absolute atomic E-state index is 0.484. The molecule has 0 fully saturated rings. The number of hydrogen-bond donors (Lipinski definition) is 1. The third kappa shape index (κ3) is 0.974. The van der Waals surface area contributed by atoms with Gasteiger partial charge in [0, 0.05) is 6.20 Å². The summed E-state index contributed by atoms with van der Waals surface area (Å²) in [6, 6.07) is 0. The Morgan fingerprint density at radius 1 is 1.42 bits per heavy atom. The summed E-state index contributed by atoms with van der Waals surface area (Å²) < 4.78 is 0. The van der Waals surface area contributed by atoms with Crippen LogP contribution in [0.25, 0.3) is 11.0 Å². The first-order chi connectivity index (χ1) is 5.70. The van der Waals surface area contributed by atoms with Gasteiger partial charge in [-0.2, -0.15) is 5.10 Å². The highest BCUT2D eigenvalue weighted by Crippen LogP contribution is 2.26. The van der Waals surface area contributed by atoms with Crippen LogP contribution in [-0.4, -0.2) is 15.2 Å². The molecule has 3 nitrogen and oxygen atoms in total. The van der Waals surface area contributed by atoms with E-state index in [1.807, 2.05) is 6.92 Å². The lowest BCUT2D eigenvalue weighted by molar-refractivity contribution is 1.10. The summed E-state index contributed by atoms with van der Waals surface area (Å²) in [5.41, 5.74) is 1.50. The first-order valence-electron chi connectivity index (χ1n) is 3.35. The molecule has 0 amide bonds. The maximum absolute atomic E-state index is 5.85. The lowest BCUT2D eigenvalue weighted by atomic mass is 10.2. The van der Waals surface area contributed by atoms with E-state index >= 15 is 0 Å². The summed E-state index contributed by atoms with van der Waals surface area (Å²) in [5, 5.41) is 8.41. The third-order valence-corrected chi connectivity index (χ3v) is 2.39. The van der Waals surface area contributed by atoms with Crippen molar-refractivity contribution in [1.29, 1.82) is 0 Å². The van der Waals surface area contributed by atoms with Crippen molar-refractivity contribution in [2.75, 3.05) is 0 Å². The first-order valence-corrected chi connectivity index (χ1v) is 4.10. The van der Waals surface area contributed by atoms with E-state index in [4.69, 9.17) is 23.2 Å². The Balaban J connectivity index is 2.96. The maximum atomic E-state index is 5.85. The second-order valence-corrected chi connectivity index (χ2v) is 3.25. The molecule has 0 unspecified atom stereocenters. The molecule has 2 heterocycles. The Morgan fingerprint density at radius 3 is 2.92 bits per heavy atom. The van der Waals surface area contributed by atoms with Crippen LogP contribution in [-0.2, 0) is 0 Å².